The van der Waals surface area contributed by atoms with E-state index in [0.29, 0.717) is 48.7 Å². The number of aromatic nitrogens is 3. The summed E-state index contributed by atoms with van der Waals surface area (Å²) in [5.41, 5.74) is 4.02. The predicted octanol–water partition coefficient (Wildman–Crippen LogP) is 5.85. The normalized spacial score (nSPS) is 20.5. The summed E-state index contributed by atoms with van der Waals surface area (Å²) in [6.45, 7) is 10.5. The van der Waals surface area contributed by atoms with E-state index in [0.717, 1.165) is 37.8 Å². The van der Waals surface area contributed by atoms with Crippen LogP contribution in [0, 0.1) is 11.8 Å². The SMILES string of the molecule is CC(C)=CCC/C(C)=C/CN1C(=O)[C@](O)([C@H](C)/C=C/CCn2cc(C(CO)c3ccccc3)nn2)c2cc(NC(=O)C3CCCNC3)ccc21. The van der Waals surface area contributed by atoms with Gasteiger partial charge in [0, 0.05) is 43.0 Å². The highest BCUT2D eigenvalue weighted by Crippen LogP contribution is 2.46. The molecular weight excluding hydrogens is 628 g/mol. The third kappa shape index (κ3) is 8.67. The molecule has 4 N–H and O–H groups in total. The fourth-order valence-electron chi connectivity index (χ4n) is 6.75. The fraction of sp³-hybridized carbons (Fsp3) is 0.450. The Bertz CT molecular complexity index is 1700. The predicted molar refractivity (Wildman–Crippen MR) is 198 cm³/mol. The number of amides is 2. The number of anilines is 2. The van der Waals surface area contributed by atoms with E-state index in [4.69, 9.17) is 0 Å². The largest absolute Gasteiger partial charge is 0.395 e. The Labute approximate surface area is 296 Å². The smallest absolute Gasteiger partial charge is 0.264 e. The van der Waals surface area contributed by atoms with Crippen LogP contribution in [-0.2, 0) is 21.7 Å². The van der Waals surface area contributed by atoms with Crippen LogP contribution in [0.15, 0.2) is 90.2 Å². The monoisotopic (exact) mass is 680 g/mol. The first-order valence-corrected chi connectivity index (χ1v) is 17.8. The van der Waals surface area contributed by atoms with Crippen molar-refractivity contribution in [2.45, 2.75) is 77.9 Å². The van der Waals surface area contributed by atoms with E-state index in [-0.39, 0.29) is 30.3 Å². The Hall–Kier alpha value is -4.38. The number of aliphatic hydroxyl groups is 2. The number of allylic oxidation sites excluding steroid dienone is 4. The van der Waals surface area contributed by atoms with Crippen LogP contribution in [0.4, 0.5) is 11.4 Å². The molecule has 0 bridgehead atoms. The zero-order chi connectivity index (χ0) is 35.7. The lowest BCUT2D eigenvalue weighted by Gasteiger charge is -2.28. The van der Waals surface area contributed by atoms with Crippen LogP contribution in [0.3, 0.4) is 0 Å². The van der Waals surface area contributed by atoms with E-state index in [1.807, 2.05) is 67.7 Å². The van der Waals surface area contributed by atoms with Gasteiger partial charge in [0.1, 0.15) is 0 Å². The van der Waals surface area contributed by atoms with Crippen LogP contribution in [0.25, 0.3) is 0 Å². The van der Waals surface area contributed by atoms with Crippen molar-refractivity contribution in [3.63, 3.8) is 0 Å². The molecule has 1 fully saturated rings. The number of rotatable bonds is 15. The van der Waals surface area contributed by atoms with E-state index in [1.165, 1.54) is 11.1 Å². The summed E-state index contributed by atoms with van der Waals surface area (Å²) in [4.78, 5) is 28.9. The molecule has 4 atom stereocenters. The van der Waals surface area contributed by atoms with Gasteiger partial charge in [-0.2, -0.15) is 0 Å². The van der Waals surface area contributed by atoms with E-state index in [9.17, 15) is 19.8 Å². The molecule has 0 aliphatic carbocycles. The number of hydrogen-bond donors (Lipinski definition) is 4. The van der Waals surface area contributed by atoms with Crippen LogP contribution >= 0.6 is 0 Å². The minimum absolute atomic E-state index is 0.0601. The lowest BCUT2D eigenvalue weighted by molar-refractivity contribution is -0.139. The molecule has 2 aliphatic heterocycles. The molecule has 3 aromatic rings. The van der Waals surface area contributed by atoms with Gasteiger partial charge in [0.2, 0.25) is 5.91 Å². The van der Waals surface area contributed by atoms with Crippen molar-refractivity contribution in [3.05, 3.63) is 107 Å². The van der Waals surface area contributed by atoms with Gasteiger partial charge in [-0.1, -0.05) is 77.9 Å². The number of piperidine rings is 1. The maximum absolute atomic E-state index is 14.2. The van der Waals surface area contributed by atoms with Gasteiger partial charge in [0.15, 0.2) is 5.60 Å². The molecule has 0 saturated carbocycles. The fourth-order valence-corrected chi connectivity index (χ4v) is 6.75. The quantitative estimate of drug-likeness (QED) is 0.148. The van der Waals surface area contributed by atoms with Gasteiger partial charge in [-0.15, -0.1) is 5.10 Å². The second kappa shape index (κ2) is 17.0. The lowest BCUT2D eigenvalue weighted by atomic mass is 9.82. The van der Waals surface area contributed by atoms with Gasteiger partial charge in [0.25, 0.3) is 5.91 Å². The summed E-state index contributed by atoms with van der Waals surface area (Å²) >= 11 is 0. The maximum Gasteiger partial charge on any atom is 0.264 e. The molecule has 10 heteroatoms. The highest BCUT2D eigenvalue weighted by Gasteiger charge is 2.52. The number of aliphatic hydroxyl groups excluding tert-OH is 1. The number of benzene rings is 2. The summed E-state index contributed by atoms with van der Waals surface area (Å²) < 4.78 is 1.74. The zero-order valence-electron chi connectivity index (χ0n) is 29.8. The standard InChI is InChI=1S/C40H52N6O4/c1-28(2)12-10-13-29(3)20-23-46-37-19-18-33(42-38(48)32-17-11-21-41-25-32)24-35(37)40(50,39(46)49)30(4)14-8-9-22-45-26-36(43-44-45)34(27-47)31-15-6-5-7-16-31/h5-8,12,14-16,18-20,24,26,30,32,34,41,47,50H,9-11,13,17,21-23,25,27H2,1-4H3,(H,42,48)/b14-8+,29-20+/t30-,32?,34?,40+/m1/s1. The van der Waals surface area contributed by atoms with Crippen LogP contribution in [0.1, 0.15) is 82.5 Å². The Morgan fingerprint density at radius 1 is 1.14 bits per heavy atom. The zero-order valence-corrected chi connectivity index (χ0v) is 29.8. The van der Waals surface area contributed by atoms with Gasteiger partial charge in [-0.3, -0.25) is 14.3 Å². The van der Waals surface area contributed by atoms with E-state index in [1.54, 1.807) is 15.6 Å². The minimum Gasteiger partial charge on any atom is -0.395 e. The van der Waals surface area contributed by atoms with Crippen LogP contribution < -0.4 is 15.5 Å². The van der Waals surface area contributed by atoms with Crippen molar-refractivity contribution in [1.29, 1.82) is 0 Å². The van der Waals surface area contributed by atoms with Crippen LogP contribution in [-0.4, -0.2) is 63.3 Å². The van der Waals surface area contributed by atoms with Crippen molar-refractivity contribution < 1.29 is 19.8 Å². The summed E-state index contributed by atoms with van der Waals surface area (Å²) in [5.74, 6) is -1.37. The third-order valence-corrected chi connectivity index (χ3v) is 9.82. The van der Waals surface area contributed by atoms with Crippen LogP contribution in [0.2, 0.25) is 0 Å². The average Bonchev–Trinajstić information content (AvgIpc) is 3.67. The third-order valence-electron chi connectivity index (χ3n) is 9.82. The first kappa shape index (κ1) is 36.9. The molecule has 0 radical (unpaired) electrons. The van der Waals surface area contributed by atoms with Gasteiger partial charge < -0.3 is 25.7 Å². The van der Waals surface area contributed by atoms with Crippen molar-refractivity contribution >= 4 is 23.2 Å². The second-order valence-electron chi connectivity index (χ2n) is 13.9. The van der Waals surface area contributed by atoms with Crippen LogP contribution in [0.5, 0.6) is 0 Å². The molecular formula is C40H52N6O4. The second-order valence-corrected chi connectivity index (χ2v) is 13.9. The molecule has 10 nitrogen and oxygen atoms in total. The molecule has 2 aliphatic rings. The Morgan fingerprint density at radius 2 is 1.94 bits per heavy atom. The molecule has 2 aromatic carbocycles. The van der Waals surface area contributed by atoms with Crippen molar-refractivity contribution in [2.75, 3.05) is 36.5 Å². The first-order chi connectivity index (χ1) is 24.1. The van der Waals surface area contributed by atoms with E-state index < -0.39 is 11.5 Å². The Kier molecular flexibility index (Phi) is 12.6. The summed E-state index contributed by atoms with van der Waals surface area (Å²) in [6, 6.07) is 15.2. The van der Waals surface area contributed by atoms with Crippen molar-refractivity contribution in [2.24, 2.45) is 11.8 Å². The molecule has 0 spiro atoms. The number of carbonyl (C=O) groups excluding carboxylic acids is 2. The number of hydrogen-bond acceptors (Lipinski definition) is 7. The number of aryl methyl sites for hydroxylation is 1. The van der Waals surface area contributed by atoms with Gasteiger partial charge in [-0.05, 0) is 83.2 Å². The highest BCUT2D eigenvalue weighted by atomic mass is 16.3. The average molecular weight is 681 g/mol. The molecule has 50 heavy (non-hydrogen) atoms. The molecule has 2 amide bonds. The van der Waals surface area contributed by atoms with Crippen molar-refractivity contribution in [1.82, 2.24) is 20.3 Å². The molecule has 3 heterocycles. The molecule has 266 valence electrons. The van der Waals surface area contributed by atoms with E-state index >= 15 is 0 Å². The molecule has 5 rings (SSSR count). The summed E-state index contributed by atoms with van der Waals surface area (Å²) in [6.07, 6.45) is 14.2. The Balaban J connectivity index is 1.32. The topological polar surface area (TPSA) is 133 Å². The van der Waals surface area contributed by atoms with Gasteiger partial charge in [0.05, 0.1) is 29.8 Å². The lowest BCUT2D eigenvalue weighted by Crippen LogP contribution is -2.44. The maximum atomic E-state index is 14.2. The molecule has 1 saturated heterocycles. The van der Waals surface area contributed by atoms with Gasteiger partial charge >= 0.3 is 0 Å². The summed E-state index contributed by atoms with van der Waals surface area (Å²) in [7, 11) is 0. The first-order valence-electron chi connectivity index (χ1n) is 17.8. The highest BCUT2D eigenvalue weighted by molar-refractivity contribution is 6.08. The number of carbonyl (C=O) groups is 2. The molecule has 2 unspecified atom stereocenters. The Morgan fingerprint density at radius 3 is 2.66 bits per heavy atom. The number of nitrogens with zero attached hydrogens (tertiary/aromatic N) is 4. The molecule has 1 aromatic heterocycles. The minimum atomic E-state index is -1.81. The van der Waals surface area contributed by atoms with Crippen molar-refractivity contribution in [3.8, 4) is 0 Å². The van der Waals surface area contributed by atoms with E-state index in [2.05, 4.69) is 53.9 Å². The van der Waals surface area contributed by atoms with Gasteiger partial charge in [-0.25, -0.2) is 0 Å². The number of fused-ring (bicyclic) bond motifs is 1. The summed E-state index contributed by atoms with van der Waals surface area (Å²) in [5, 5.41) is 37.2. The number of nitrogens with one attached hydrogen (secondary N) is 2.